The molecule has 1 amide bonds. The van der Waals surface area contributed by atoms with Crippen LogP contribution in [0.1, 0.15) is 44.1 Å². The lowest BCUT2D eigenvalue weighted by molar-refractivity contribution is -0.138. The van der Waals surface area contributed by atoms with Crippen LogP contribution in [0.15, 0.2) is 59.5 Å². The highest BCUT2D eigenvalue weighted by Gasteiger charge is 2.45. The number of carbonyl (C=O) groups is 2. The van der Waals surface area contributed by atoms with Gasteiger partial charge in [-0.2, -0.15) is 0 Å². The molecule has 1 aliphatic carbocycles. The van der Waals surface area contributed by atoms with Gasteiger partial charge in [-0.05, 0) is 49.4 Å². The lowest BCUT2D eigenvalue weighted by Crippen LogP contribution is -2.50. The Kier molecular flexibility index (Phi) is 10.9. The Morgan fingerprint density at radius 2 is 1.87 bits per heavy atom. The van der Waals surface area contributed by atoms with Crippen molar-refractivity contribution >= 4 is 27.8 Å². The summed E-state index contributed by atoms with van der Waals surface area (Å²) in [5.41, 5.74) is 0.316. The number of hydrogen-bond donors (Lipinski definition) is 4. The Hall–Kier alpha value is -3.27. The van der Waals surface area contributed by atoms with Crippen LogP contribution in [-0.4, -0.2) is 82.6 Å². The number of aliphatic hydroxyl groups excluding tert-OH is 1. The van der Waals surface area contributed by atoms with E-state index in [9.17, 15) is 23.1 Å². The fourth-order valence-electron chi connectivity index (χ4n) is 6.12. The van der Waals surface area contributed by atoms with E-state index in [-0.39, 0.29) is 36.7 Å². The van der Waals surface area contributed by atoms with Gasteiger partial charge in [0.25, 0.3) is 10.0 Å². The van der Waals surface area contributed by atoms with Gasteiger partial charge in [0.05, 0.1) is 48.9 Å². The second-order valence-corrected chi connectivity index (χ2v) is 13.4. The number of anilines is 1. The van der Waals surface area contributed by atoms with E-state index in [4.69, 9.17) is 19.0 Å². The number of hydrogen-bond acceptors (Lipinski definition) is 11. The Labute approximate surface area is 262 Å². The van der Waals surface area contributed by atoms with Crippen molar-refractivity contribution in [2.24, 2.45) is 5.92 Å². The number of ether oxygens (including phenoxy) is 4. The Morgan fingerprint density at radius 3 is 2.62 bits per heavy atom. The molecule has 45 heavy (non-hydrogen) atoms. The molecule has 4 N–H and O–H groups in total. The zero-order valence-corrected chi connectivity index (χ0v) is 26.0. The first-order valence-corrected chi connectivity index (χ1v) is 16.7. The molecule has 2 heterocycles. The number of esters is 1. The van der Waals surface area contributed by atoms with Crippen LogP contribution in [-0.2, 0) is 45.0 Å². The highest BCUT2D eigenvalue weighted by Crippen LogP contribution is 2.38. The van der Waals surface area contributed by atoms with E-state index in [0.29, 0.717) is 31.6 Å². The van der Waals surface area contributed by atoms with Crippen molar-refractivity contribution in [3.05, 3.63) is 60.2 Å². The summed E-state index contributed by atoms with van der Waals surface area (Å²) in [6.45, 7) is 0.673. The molecule has 3 aliphatic rings. The van der Waals surface area contributed by atoms with Crippen LogP contribution in [0.4, 0.5) is 10.5 Å². The van der Waals surface area contributed by atoms with Gasteiger partial charge in [-0.15, -0.1) is 0 Å². The molecular formula is C31H41N3O10S. The van der Waals surface area contributed by atoms with Crippen LogP contribution in [0.5, 0.6) is 0 Å². The largest absolute Gasteiger partial charge is 0.468 e. The predicted molar refractivity (Wildman–Crippen MR) is 161 cm³/mol. The summed E-state index contributed by atoms with van der Waals surface area (Å²) in [5.74, 6) is -0.523. The molecule has 0 spiro atoms. The van der Waals surface area contributed by atoms with Gasteiger partial charge in [0.15, 0.2) is 6.29 Å². The molecule has 2 aliphatic heterocycles. The monoisotopic (exact) mass is 647 g/mol. The third-order valence-electron chi connectivity index (χ3n) is 8.58. The van der Waals surface area contributed by atoms with E-state index in [1.807, 2.05) is 30.3 Å². The molecule has 246 valence electrons. The maximum atomic E-state index is 13.2. The van der Waals surface area contributed by atoms with E-state index in [1.165, 1.54) is 19.2 Å². The van der Waals surface area contributed by atoms with Crippen molar-refractivity contribution in [1.29, 1.82) is 0 Å². The Bertz CT molecular complexity index is 1400. The van der Waals surface area contributed by atoms with Crippen LogP contribution in [0.2, 0.25) is 0 Å². The molecule has 0 bridgehead atoms. The second-order valence-electron chi connectivity index (χ2n) is 11.7. The van der Waals surface area contributed by atoms with Gasteiger partial charge < -0.3 is 34.7 Å². The van der Waals surface area contributed by atoms with Crippen LogP contribution in [0.25, 0.3) is 0 Å². The molecule has 1 saturated carbocycles. The van der Waals surface area contributed by atoms with Crippen molar-refractivity contribution in [2.75, 3.05) is 32.2 Å². The van der Waals surface area contributed by atoms with Gasteiger partial charge >= 0.3 is 12.1 Å². The molecule has 3 fully saturated rings. The maximum absolute atomic E-state index is 13.2. The van der Waals surface area contributed by atoms with Crippen molar-refractivity contribution in [3.8, 4) is 0 Å². The zero-order chi connectivity index (χ0) is 31.9. The molecule has 2 saturated heterocycles. The van der Waals surface area contributed by atoms with Crippen molar-refractivity contribution in [1.82, 2.24) is 10.2 Å². The smallest absolute Gasteiger partial charge is 0.407 e. The predicted octanol–water partition coefficient (Wildman–Crippen LogP) is 2.64. The third kappa shape index (κ3) is 8.71. The number of nitrogens with one attached hydrogen (secondary N) is 3. The summed E-state index contributed by atoms with van der Waals surface area (Å²) >= 11 is 0. The Balaban J connectivity index is 1.25. The maximum Gasteiger partial charge on any atom is 0.407 e. The minimum Gasteiger partial charge on any atom is -0.468 e. The molecule has 2 aromatic carbocycles. The molecular weight excluding hydrogens is 606 g/mol. The number of aliphatic hydroxyl groups is 1. The van der Waals surface area contributed by atoms with Crippen LogP contribution in [0.3, 0.4) is 0 Å². The van der Waals surface area contributed by atoms with Crippen LogP contribution >= 0.6 is 0 Å². The number of benzene rings is 2. The summed E-state index contributed by atoms with van der Waals surface area (Å²) in [6.07, 6.45) is 1.15. The molecule has 3 unspecified atom stereocenters. The lowest BCUT2D eigenvalue weighted by Gasteiger charge is -2.34. The molecule has 13 nitrogen and oxygen atoms in total. The minimum atomic E-state index is -4.12. The van der Waals surface area contributed by atoms with Gasteiger partial charge in [-0.1, -0.05) is 54.1 Å². The first-order valence-electron chi connectivity index (χ1n) is 15.2. The average molecular weight is 648 g/mol. The number of rotatable bonds is 14. The number of carbonyl (C=O) groups excluding carboxylic acids is 2. The van der Waals surface area contributed by atoms with Gasteiger partial charge in [-0.3, -0.25) is 9.63 Å². The minimum absolute atomic E-state index is 0.0271. The fraction of sp³-hybridized carbons (Fsp3) is 0.548. The highest BCUT2D eigenvalue weighted by molar-refractivity contribution is 7.89. The SMILES string of the molecule is COC(=O)CNc1cccc(S(=O)(=O)NOC2(C[C@@H](O)[C@H](Cc3ccccc3)NC(=O)OC3COC4OCCC34)CCCC2)c1. The summed E-state index contributed by atoms with van der Waals surface area (Å²) in [4.78, 5) is 32.7. The van der Waals surface area contributed by atoms with Crippen LogP contribution < -0.4 is 15.5 Å². The molecule has 0 radical (unpaired) electrons. The summed E-state index contributed by atoms with van der Waals surface area (Å²) in [7, 11) is -2.86. The average Bonchev–Trinajstić information content (AvgIpc) is 3.79. The van der Waals surface area contributed by atoms with Gasteiger partial charge in [0.2, 0.25) is 0 Å². The van der Waals surface area contributed by atoms with Gasteiger partial charge in [0.1, 0.15) is 12.6 Å². The topological polar surface area (TPSA) is 171 Å². The quantitative estimate of drug-likeness (QED) is 0.176. The van der Waals surface area contributed by atoms with Crippen molar-refractivity contribution < 1.29 is 46.9 Å². The van der Waals surface area contributed by atoms with E-state index < -0.39 is 45.9 Å². The summed E-state index contributed by atoms with van der Waals surface area (Å²) < 4.78 is 47.9. The van der Waals surface area contributed by atoms with Crippen molar-refractivity contribution in [3.63, 3.8) is 0 Å². The lowest BCUT2D eigenvalue weighted by atomic mass is 9.89. The van der Waals surface area contributed by atoms with E-state index in [0.717, 1.165) is 24.8 Å². The standard InChI is InChI=1S/C31H41N3O10S/c1-40-28(36)19-32-22-10-7-11-23(17-22)45(38,39)34-44-31(13-5-6-14-31)18-26(35)25(16-21-8-3-2-4-9-21)33-30(37)43-27-20-42-29-24(27)12-15-41-29/h2-4,7-11,17,24-27,29,32,34-35H,5-6,12-16,18-20H2,1H3,(H,33,37)/t24?,25-,26+,27?,29?/m0/s1. The first-order chi connectivity index (χ1) is 21.7. The summed E-state index contributed by atoms with van der Waals surface area (Å²) in [6, 6.07) is 14.7. The fourth-order valence-corrected chi connectivity index (χ4v) is 7.05. The van der Waals surface area contributed by atoms with E-state index in [1.54, 1.807) is 12.1 Å². The molecule has 2 aromatic rings. The molecule has 14 heteroatoms. The van der Waals surface area contributed by atoms with Crippen LogP contribution in [0, 0.1) is 5.92 Å². The number of sulfonamides is 1. The normalized spacial score (nSPS) is 23.6. The molecule has 5 atom stereocenters. The van der Waals surface area contributed by atoms with E-state index >= 15 is 0 Å². The number of amides is 1. The van der Waals surface area contributed by atoms with Crippen molar-refractivity contribution in [2.45, 2.75) is 80.0 Å². The number of methoxy groups -OCH3 is 1. The Morgan fingerprint density at radius 1 is 1.09 bits per heavy atom. The zero-order valence-electron chi connectivity index (χ0n) is 25.2. The third-order valence-corrected chi connectivity index (χ3v) is 9.76. The highest BCUT2D eigenvalue weighted by atomic mass is 32.2. The number of alkyl carbamates (subject to hydrolysis) is 1. The van der Waals surface area contributed by atoms with Gasteiger partial charge in [-0.25, -0.2) is 13.2 Å². The first kappa shape index (κ1) is 33.1. The molecule has 0 aromatic heterocycles. The summed E-state index contributed by atoms with van der Waals surface area (Å²) in [5, 5.41) is 17.2. The molecule has 5 rings (SSSR count). The van der Waals surface area contributed by atoms with E-state index in [2.05, 4.69) is 20.3 Å². The van der Waals surface area contributed by atoms with Gasteiger partial charge in [0, 0.05) is 12.1 Å². The number of fused-ring (bicyclic) bond motifs is 1. The second kappa shape index (κ2) is 14.9.